The molecule has 0 radical (unpaired) electrons. The summed E-state index contributed by atoms with van der Waals surface area (Å²) in [6, 6.07) is 4.55. The van der Waals surface area contributed by atoms with Crippen LogP contribution in [0.25, 0.3) is 5.69 Å². The van der Waals surface area contributed by atoms with Gasteiger partial charge in [-0.25, -0.2) is 0 Å². The molecule has 8 nitrogen and oxygen atoms in total. The molecular formula is C11H15ClN6O2. The van der Waals surface area contributed by atoms with Crippen molar-refractivity contribution in [1.29, 1.82) is 0 Å². The summed E-state index contributed by atoms with van der Waals surface area (Å²) in [6.45, 7) is 1.61. The van der Waals surface area contributed by atoms with Crippen molar-refractivity contribution in [2.75, 3.05) is 12.4 Å². The van der Waals surface area contributed by atoms with Crippen LogP contribution in [0, 0.1) is 0 Å². The Hall–Kier alpha value is -2.19. The van der Waals surface area contributed by atoms with E-state index in [1.807, 2.05) is 0 Å². The van der Waals surface area contributed by atoms with Gasteiger partial charge in [-0.3, -0.25) is 4.79 Å². The number of anilines is 1. The van der Waals surface area contributed by atoms with Crippen molar-refractivity contribution in [1.82, 2.24) is 20.2 Å². The minimum Gasteiger partial charge on any atom is -0.494 e. The largest absolute Gasteiger partial charge is 0.494 e. The van der Waals surface area contributed by atoms with Gasteiger partial charge in [0.25, 0.3) is 0 Å². The molecule has 9 heteroatoms. The summed E-state index contributed by atoms with van der Waals surface area (Å²) in [5, 5.41) is 13.6. The zero-order chi connectivity index (χ0) is 13.8. The average Bonchev–Trinajstić information content (AvgIpc) is 2.92. The molecular weight excluding hydrogens is 284 g/mol. The van der Waals surface area contributed by atoms with Crippen molar-refractivity contribution < 1.29 is 9.53 Å². The SMILES string of the molecule is COc1ccc(NC(=O)[C@H](C)N)cc1-n1cnnn1.Cl. The quantitative estimate of drug-likeness (QED) is 0.845. The van der Waals surface area contributed by atoms with Crippen LogP contribution in [0.3, 0.4) is 0 Å². The van der Waals surface area contributed by atoms with Crippen molar-refractivity contribution in [2.24, 2.45) is 5.73 Å². The van der Waals surface area contributed by atoms with Crippen LogP contribution in [-0.2, 0) is 4.79 Å². The Kier molecular flexibility index (Phi) is 5.42. The van der Waals surface area contributed by atoms with Crippen LogP contribution in [0.5, 0.6) is 5.75 Å². The number of methoxy groups -OCH3 is 1. The predicted molar refractivity (Wildman–Crippen MR) is 75.2 cm³/mol. The molecule has 0 aliphatic rings. The first-order chi connectivity index (χ1) is 9.11. The highest BCUT2D eigenvalue weighted by Crippen LogP contribution is 2.25. The van der Waals surface area contributed by atoms with Gasteiger partial charge in [0.2, 0.25) is 5.91 Å². The molecule has 0 aliphatic heterocycles. The molecule has 1 amide bonds. The zero-order valence-electron chi connectivity index (χ0n) is 11.0. The Morgan fingerprint density at radius 1 is 1.50 bits per heavy atom. The zero-order valence-corrected chi connectivity index (χ0v) is 11.8. The van der Waals surface area contributed by atoms with Gasteiger partial charge < -0.3 is 15.8 Å². The van der Waals surface area contributed by atoms with E-state index in [-0.39, 0.29) is 18.3 Å². The lowest BCUT2D eigenvalue weighted by atomic mass is 10.2. The number of amides is 1. The predicted octanol–water partition coefficient (Wildman–Crippen LogP) is 0.378. The molecule has 3 N–H and O–H groups in total. The molecule has 20 heavy (non-hydrogen) atoms. The lowest BCUT2D eigenvalue weighted by molar-refractivity contribution is -0.117. The molecule has 2 rings (SSSR count). The first-order valence-corrected chi connectivity index (χ1v) is 5.59. The van der Waals surface area contributed by atoms with Gasteiger partial charge in [-0.1, -0.05) is 0 Å². The van der Waals surface area contributed by atoms with Crippen molar-refractivity contribution in [3.05, 3.63) is 24.5 Å². The fourth-order valence-corrected chi connectivity index (χ4v) is 1.47. The van der Waals surface area contributed by atoms with Gasteiger partial charge in [-0.2, -0.15) is 4.68 Å². The fraction of sp³-hybridized carbons (Fsp3) is 0.273. The molecule has 0 fully saturated rings. The van der Waals surface area contributed by atoms with Crippen molar-refractivity contribution >= 4 is 24.0 Å². The topological polar surface area (TPSA) is 108 Å². The van der Waals surface area contributed by atoms with Gasteiger partial charge >= 0.3 is 0 Å². The minimum atomic E-state index is -0.585. The molecule has 0 bridgehead atoms. The van der Waals surface area contributed by atoms with E-state index in [1.165, 1.54) is 11.0 Å². The number of halogens is 1. The molecule has 1 atom stereocenters. The first kappa shape index (κ1) is 15.9. The highest BCUT2D eigenvalue weighted by molar-refractivity contribution is 5.94. The number of nitrogens with zero attached hydrogens (tertiary/aromatic N) is 4. The van der Waals surface area contributed by atoms with Gasteiger partial charge in [-0.15, -0.1) is 17.5 Å². The van der Waals surface area contributed by atoms with E-state index < -0.39 is 6.04 Å². The Morgan fingerprint density at radius 3 is 2.80 bits per heavy atom. The molecule has 0 unspecified atom stereocenters. The van der Waals surface area contributed by atoms with Gasteiger partial charge in [0, 0.05) is 5.69 Å². The molecule has 0 saturated heterocycles. The Labute approximate surface area is 121 Å². The minimum absolute atomic E-state index is 0. The maximum atomic E-state index is 11.6. The summed E-state index contributed by atoms with van der Waals surface area (Å²) in [5.41, 5.74) is 6.71. The average molecular weight is 299 g/mol. The second kappa shape index (κ2) is 6.83. The normalized spacial score (nSPS) is 11.3. The number of ether oxygens (including phenoxy) is 1. The smallest absolute Gasteiger partial charge is 0.240 e. The number of aromatic nitrogens is 4. The third-order valence-electron chi connectivity index (χ3n) is 2.46. The van der Waals surface area contributed by atoms with Crippen LogP contribution in [0.15, 0.2) is 24.5 Å². The monoisotopic (exact) mass is 298 g/mol. The van der Waals surface area contributed by atoms with E-state index >= 15 is 0 Å². The third kappa shape index (κ3) is 3.43. The van der Waals surface area contributed by atoms with Crippen LogP contribution < -0.4 is 15.8 Å². The number of carbonyl (C=O) groups is 1. The molecule has 108 valence electrons. The van der Waals surface area contributed by atoms with E-state index in [9.17, 15) is 4.79 Å². The van der Waals surface area contributed by atoms with Crippen LogP contribution >= 0.6 is 12.4 Å². The van der Waals surface area contributed by atoms with E-state index in [2.05, 4.69) is 20.8 Å². The van der Waals surface area contributed by atoms with Gasteiger partial charge in [0.1, 0.15) is 17.8 Å². The van der Waals surface area contributed by atoms with Gasteiger partial charge in [0.15, 0.2) is 0 Å². The standard InChI is InChI=1S/C11H14N6O2.ClH/c1-7(12)11(18)14-8-3-4-10(19-2)9(5-8)17-6-13-15-16-17;/h3-7H,12H2,1-2H3,(H,14,18);1H/t7-;/m0./s1. The lowest BCUT2D eigenvalue weighted by Gasteiger charge is -2.11. The fourth-order valence-electron chi connectivity index (χ4n) is 1.47. The second-order valence-corrected chi connectivity index (χ2v) is 3.92. The van der Waals surface area contributed by atoms with Crippen molar-refractivity contribution in [3.63, 3.8) is 0 Å². The lowest BCUT2D eigenvalue weighted by Crippen LogP contribution is -2.32. The summed E-state index contributed by atoms with van der Waals surface area (Å²) in [5.74, 6) is 0.318. The van der Waals surface area contributed by atoms with Crippen molar-refractivity contribution in [2.45, 2.75) is 13.0 Å². The number of hydrogen-bond donors (Lipinski definition) is 2. The van der Waals surface area contributed by atoms with E-state index in [0.29, 0.717) is 17.1 Å². The van der Waals surface area contributed by atoms with Gasteiger partial charge in [-0.05, 0) is 35.5 Å². The number of hydrogen-bond acceptors (Lipinski definition) is 6. The molecule has 2 aromatic rings. The Balaban J connectivity index is 0.00000200. The number of rotatable bonds is 4. The number of tetrazole rings is 1. The summed E-state index contributed by atoms with van der Waals surface area (Å²) in [6.07, 6.45) is 1.44. The van der Waals surface area contributed by atoms with Crippen LogP contribution in [0.4, 0.5) is 5.69 Å². The summed E-state index contributed by atoms with van der Waals surface area (Å²) < 4.78 is 6.67. The molecule has 1 heterocycles. The summed E-state index contributed by atoms with van der Waals surface area (Å²) in [4.78, 5) is 11.6. The molecule has 0 spiro atoms. The molecule has 0 saturated carbocycles. The highest BCUT2D eigenvalue weighted by Gasteiger charge is 2.11. The van der Waals surface area contributed by atoms with Crippen LogP contribution in [0.1, 0.15) is 6.92 Å². The maximum absolute atomic E-state index is 11.6. The Bertz CT molecular complexity index is 572. The van der Waals surface area contributed by atoms with Gasteiger partial charge in [0.05, 0.1) is 13.2 Å². The number of carbonyl (C=O) groups excluding carboxylic acids is 1. The summed E-state index contributed by atoms with van der Waals surface area (Å²) in [7, 11) is 1.55. The van der Waals surface area contributed by atoms with Crippen LogP contribution in [0.2, 0.25) is 0 Å². The highest BCUT2D eigenvalue weighted by atomic mass is 35.5. The third-order valence-corrected chi connectivity index (χ3v) is 2.46. The Morgan fingerprint density at radius 2 is 2.25 bits per heavy atom. The van der Waals surface area contributed by atoms with E-state index in [0.717, 1.165) is 0 Å². The first-order valence-electron chi connectivity index (χ1n) is 5.59. The molecule has 1 aromatic heterocycles. The molecule has 1 aromatic carbocycles. The van der Waals surface area contributed by atoms with E-state index in [1.54, 1.807) is 32.2 Å². The number of benzene rings is 1. The number of nitrogens with two attached hydrogens (primary N) is 1. The maximum Gasteiger partial charge on any atom is 0.240 e. The molecule has 0 aliphatic carbocycles. The number of nitrogens with one attached hydrogen (secondary N) is 1. The van der Waals surface area contributed by atoms with E-state index in [4.69, 9.17) is 10.5 Å². The van der Waals surface area contributed by atoms with Crippen molar-refractivity contribution in [3.8, 4) is 11.4 Å². The summed E-state index contributed by atoms with van der Waals surface area (Å²) >= 11 is 0. The van der Waals surface area contributed by atoms with Crippen LogP contribution in [-0.4, -0.2) is 39.3 Å². The second-order valence-electron chi connectivity index (χ2n) is 3.92.